The summed E-state index contributed by atoms with van der Waals surface area (Å²) in [6, 6.07) is 11.9. The Labute approximate surface area is 175 Å². The lowest BCUT2D eigenvalue weighted by atomic mass is 10.1. The summed E-state index contributed by atoms with van der Waals surface area (Å²) in [6.07, 6.45) is 1.44. The van der Waals surface area contributed by atoms with Gasteiger partial charge in [0.25, 0.3) is 5.69 Å². The molecule has 2 aromatic heterocycles. The molecule has 0 atom stereocenters. The molecule has 0 fully saturated rings. The van der Waals surface area contributed by atoms with Gasteiger partial charge in [0.05, 0.1) is 16.6 Å². The quantitative estimate of drug-likeness (QED) is 0.250. The van der Waals surface area contributed by atoms with E-state index in [0.29, 0.717) is 11.0 Å². The van der Waals surface area contributed by atoms with Gasteiger partial charge in [0, 0.05) is 17.7 Å². The fourth-order valence-corrected chi connectivity index (χ4v) is 3.12. The summed E-state index contributed by atoms with van der Waals surface area (Å²) in [5.74, 6) is -0.210. The van der Waals surface area contributed by atoms with Crippen LogP contribution in [0.3, 0.4) is 0 Å². The van der Waals surface area contributed by atoms with Crippen molar-refractivity contribution in [1.29, 1.82) is 0 Å². The maximum atomic E-state index is 13.2. The van der Waals surface area contributed by atoms with Crippen LogP contribution in [-0.2, 0) is 0 Å². The van der Waals surface area contributed by atoms with Crippen molar-refractivity contribution in [2.45, 2.75) is 13.8 Å². The number of Topliss-reactive ketones (excluding diaryl/α,β-unsaturated/α-hetero) is 1. The second-order valence-electron chi connectivity index (χ2n) is 7.02. The molecule has 0 aliphatic carbocycles. The Morgan fingerprint density at radius 1 is 1.10 bits per heavy atom. The van der Waals surface area contributed by atoms with Crippen LogP contribution in [-0.4, -0.2) is 17.3 Å². The van der Waals surface area contributed by atoms with Crippen LogP contribution in [0, 0.1) is 24.0 Å². The normalized spacial score (nSPS) is 10.9. The molecule has 0 aliphatic heterocycles. The van der Waals surface area contributed by atoms with Crippen LogP contribution in [0.4, 0.5) is 5.69 Å². The number of non-ortho nitro benzene ring substituents is 1. The fourth-order valence-electron chi connectivity index (χ4n) is 3.12. The minimum Gasteiger partial charge on any atom is -0.478 e. The minimum atomic E-state index is -0.551. The molecule has 31 heavy (non-hydrogen) atoms. The molecule has 8 nitrogen and oxygen atoms in total. The predicted molar refractivity (Wildman–Crippen MR) is 113 cm³/mol. The largest absolute Gasteiger partial charge is 0.478 e. The molecule has 0 amide bonds. The van der Waals surface area contributed by atoms with E-state index < -0.39 is 22.7 Å². The van der Waals surface area contributed by atoms with Crippen LogP contribution in [0.25, 0.3) is 22.5 Å². The summed E-state index contributed by atoms with van der Waals surface area (Å²) in [6.45, 7) is 3.34. The second kappa shape index (κ2) is 7.91. The van der Waals surface area contributed by atoms with Crippen LogP contribution in [0.15, 0.2) is 68.4 Å². The number of aryl methyl sites for hydroxylation is 2. The van der Waals surface area contributed by atoms with E-state index in [1.54, 1.807) is 24.3 Å². The van der Waals surface area contributed by atoms with Crippen molar-refractivity contribution >= 4 is 22.4 Å². The van der Waals surface area contributed by atoms with Crippen LogP contribution in [0.2, 0.25) is 0 Å². The molecule has 0 aliphatic rings. The van der Waals surface area contributed by atoms with Gasteiger partial charge in [-0.05, 0) is 61.4 Å². The van der Waals surface area contributed by atoms with E-state index in [9.17, 15) is 19.7 Å². The number of nitrogens with zero attached hydrogens (tertiary/aromatic N) is 1. The van der Waals surface area contributed by atoms with Crippen molar-refractivity contribution in [1.82, 2.24) is 0 Å². The van der Waals surface area contributed by atoms with E-state index in [0.717, 1.165) is 11.1 Å². The van der Waals surface area contributed by atoms with Gasteiger partial charge in [0.2, 0.25) is 16.9 Å². The number of ether oxygens (including phenoxy) is 1. The minimum absolute atomic E-state index is 0.0854. The maximum Gasteiger partial charge on any atom is 0.269 e. The third kappa shape index (κ3) is 3.83. The number of fused-ring (bicyclic) bond motifs is 1. The molecule has 2 aromatic carbocycles. The highest BCUT2D eigenvalue weighted by atomic mass is 16.6. The fraction of sp³-hybridized carbons (Fsp3) is 0.130. The highest BCUT2D eigenvalue weighted by Crippen LogP contribution is 2.32. The SMILES string of the molecule is Cc1cc2oc(-c3ccco3)c(OCC(=O)c3ccc([N+](=O)[O-])cc3)c(=O)c2cc1C. The predicted octanol–water partition coefficient (Wildman–Crippen LogP) is 4.84. The van der Waals surface area contributed by atoms with Crippen molar-refractivity contribution in [2.75, 3.05) is 6.61 Å². The van der Waals surface area contributed by atoms with Gasteiger partial charge >= 0.3 is 0 Å². The number of nitro groups is 1. The zero-order valence-electron chi connectivity index (χ0n) is 16.7. The Morgan fingerprint density at radius 2 is 1.81 bits per heavy atom. The first-order valence-corrected chi connectivity index (χ1v) is 9.37. The number of hydrogen-bond donors (Lipinski definition) is 0. The molecule has 4 rings (SSSR count). The molecular formula is C23H17NO7. The number of furan rings is 1. The van der Waals surface area contributed by atoms with E-state index in [4.69, 9.17) is 13.6 Å². The van der Waals surface area contributed by atoms with E-state index >= 15 is 0 Å². The maximum absolute atomic E-state index is 13.2. The molecule has 0 unspecified atom stereocenters. The van der Waals surface area contributed by atoms with Crippen LogP contribution in [0.1, 0.15) is 21.5 Å². The summed E-state index contributed by atoms with van der Waals surface area (Å²) < 4.78 is 16.9. The molecule has 0 radical (unpaired) electrons. The van der Waals surface area contributed by atoms with Crippen molar-refractivity contribution in [3.05, 3.63) is 91.8 Å². The molecule has 0 N–H and O–H groups in total. The average Bonchev–Trinajstić information content (AvgIpc) is 3.29. The van der Waals surface area contributed by atoms with E-state index in [2.05, 4.69) is 0 Å². The first-order valence-electron chi connectivity index (χ1n) is 9.37. The zero-order valence-corrected chi connectivity index (χ0v) is 16.7. The number of hydrogen-bond acceptors (Lipinski definition) is 7. The molecule has 0 saturated carbocycles. The van der Waals surface area contributed by atoms with Gasteiger partial charge in [-0.3, -0.25) is 19.7 Å². The summed E-state index contributed by atoms with van der Waals surface area (Å²) in [7, 11) is 0. The molecule has 156 valence electrons. The van der Waals surface area contributed by atoms with Crippen LogP contribution < -0.4 is 10.2 Å². The number of rotatable bonds is 6. The van der Waals surface area contributed by atoms with Crippen molar-refractivity contribution in [3.8, 4) is 17.3 Å². The standard InChI is InChI=1S/C23H17NO7/c1-13-10-17-20(11-14(13)2)31-22(19-4-3-9-29-19)23(21(17)26)30-12-18(25)15-5-7-16(8-6-15)24(27)28/h3-11H,12H2,1-2H3. The van der Waals surface area contributed by atoms with Crippen molar-refractivity contribution in [3.63, 3.8) is 0 Å². The number of carbonyl (C=O) groups excluding carboxylic acids is 1. The lowest BCUT2D eigenvalue weighted by Crippen LogP contribution is -2.17. The van der Waals surface area contributed by atoms with E-state index in [-0.39, 0.29) is 28.5 Å². The molecule has 0 spiro atoms. The average molecular weight is 419 g/mol. The Balaban J connectivity index is 1.72. The number of benzene rings is 2. The molecule has 0 bridgehead atoms. The van der Waals surface area contributed by atoms with Gasteiger partial charge in [-0.15, -0.1) is 0 Å². The van der Waals surface area contributed by atoms with Gasteiger partial charge in [-0.25, -0.2) is 0 Å². The third-order valence-corrected chi connectivity index (χ3v) is 4.96. The van der Waals surface area contributed by atoms with Crippen molar-refractivity contribution in [2.24, 2.45) is 0 Å². The van der Waals surface area contributed by atoms with Gasteiger partial charge in [0.1, 0.15) is 5.58 Å². The molecule has 2 heterocycles. The van der Waals surface area contributed by atoms with Gasteiger partial charge in [0.15, 0.2) is 18.2 Å². The smallest absolute Gasteiger partial charge is 0.269 e. The Hall–Kier alpha value is -4.20. The van der Waals surface area contributed by atoms with Crippen LogP contribution >= 0.6 is 0 Å². The van der Waals surface area contributed by atoms with Gasteiger partial charge in [-0.1, -0.05) is 0 Å². The highest BCUT2D eigenvalue weighted by Gasteiger charge is 2.21. The first-order chi connectivity index (χ1) is 14.8. The lowest BCUT2D eigenvalue weighted by Gasteiger charge is -2.11. The number of nitro benzene ring substituents is 1. The third-order valence-electron chi connectivity index (χ3n) is 4.96. The van der Waals surface area contributed by atoms with Crippen molar-refractivity contribution < 1.29 is 23.3 Å². The summed E-state index contributed by atoms with van der Waals surface area (Å²) >= 11 is 0. The summed E-state index contributed by atoms with van der Waals surface area (Å²) in [5, 5.41) is 11.1. The lowest BCUT2D eigenvalue weighted by molar-refractivity contribution is -0.384. The second-order valence-corrected chi connectivity index (χ2v) is 7.02. The van der Waals surface area contributed by atoms with Crippen LogP contribution in [0.5, 0.6) is 5.75 Å². The topological polar surface area (TPSA) is 113 Å². The number of ketones is 1. The molecule has 0 saturated heterocycles. The monoisotopic (exact) mass is 419 g/mol. The Bertz CT molecular complexity index is 1350. The van der Waals surface area contributed by atoms with Gasteiger partial charge < -0.3 is 13.6 Å². The first kappa shape index (κ1) is 20.1. The molecule has 4 aromatic rings. The molecular weight excluding hydrogens is 402 g/mol. The summed E-state index contributed by atoms with van der Waals surface area (Å²) in [4.78, 5) is 35.9. The van der Waals surface area contributed by atoms with Gasteiger partial charge in [-0.2, -0.15) is 0 Å². The molecule has 8 heteroatoms. The highest BCUT2D eigenvalue weighted by molar-refractivity contribution is 5.97. The zero-order chi connectivity index (χ0) is 22.1. The summed E-state index contributed by atoms with van der Waals surface area (Å²) in [5.41, 5.74) is 1.93. The number of carbonyl (C=O) groups is 1. The van der Waals surface area contributed by atoms with E-state index in [1.165, 1.54) is 30.5 Å². The van der Waals surface area contributed by atoms with E-state index in [1.807, 2.05) is 13.8 Å². The Morgan fingerprint density at radius 3 is 2.45 bits per heavy atom. The Kier molecular flexibility index (Phi) is 5.12.